The van der Waals surface area contributed by atoms with Crippen LogP contribution in [0.3, 0.4) is 0 Å². The number of nitrogens with one attached hydrogen (secondary N) is 5. The van der Waals surface area contributed by atoms with Gasteiger partial charge in [0.15, 0.2) is 24.0 Å². The van der Waals surface area contributed by atoms with E-state index in [0.717, 1.165) is 98.9 Å². The van der Waals surface area contributed by atoms with Crippen molar-refractivity contribution >= 4 is 66.0 Å². The number of unbranched alkanes of at least 4 members (excludes halogenated alkanes) is 7. The summed E-state index contributed by atoms with van der Waals surface area (Å²) in [6.45, 7) is 6.52. The Morgan fingerprint density at radius 2 is 1.61 bits per heavy atom. The van der Waals surface area contributed by atoms with E-state index >= 15 is 0 Å². The van der Waals surface area contributed by atoms with Crippen LogP contribution in [0.1, 0.15) is 92.2 Å². The van der Waals surface area contributed by atoms with Gasteiger partial charge in [0.1, 0.15) is 24.0 Å². The van der Waals surface area contributed by atoms with Crippen LogP contribution in [0.4, 0.5) is 33.1 Å². The number of pyridine rings is 1. The number of rotatable bonds is 29. The summed E-state index contributed by atoms with van der Waals surface area (Å²) in [5.41, 5.74) is 5.84. The number of carbonyl (C=O) groups is 5. The molecule has 18 heteroatoms. The van der Waals surface area contributed by atoms with Gasteiger partial charge in [-0.2, -0.15) is 0 Å². The Labute approximate surface area is 414 Å². The molecule has 1 fully saturated rings. The second-order valence-corrected chi connectivity index (χ2v) is 16.7. The Bertz CT molecular complexity index is 2250. The molecule has 382 valence electrons. The van der Waals surface area contributed by atoms with E-state index in [-0.39, 0.29) is 12.1 Å². The van der Waals surface area contributed by atoms with Crippen LogP contribution in [0.5, 0.6) is 0 Å². The highest BCUT2D eigenvalue weighted by molar-refractivity contribution is 5.87. The molecule has 0 radical (unpaired) electrons. The Balaban J connectivity index is 0.000000407. The molecule has 1 aliphatic carbocycles. The zero-order chi connectivity index (χ0) is 51.7. The average Bonchev–Trinajstić information content (AvgIpc) is 3.95. The Morgan fingerprint density at radius 3 is 2.17 bits per heavy atom. The molecule has 1 aromatic carbocycles. The van der Waals surface area contributed by atoms with Gasteiger partial charge >= 0.3 is 0 Å². The van der Waals surface area contributed by atoms with Crippen molar-refractivity contribution in [3.8, 4) is 0 Å². The zero-order valence-corrected chi connectivity index (χ0v) is 42.5. The Hall–Kier alpha value is -6.79. The second-order valence-electron chi connectivity index (χ2n) is 16.7. The third-order valence-corrected chi connectivity index (χ3v) is 11.1. The molecule has 5 rings (SSSR count). The molecule has 3 heterocycles. The van der Waals surface area contributed by atoms with Gasteiger partial charge in [-0.1, -0.05) is 56.7 Å². The minimum atomic E-state index is -0.546. The highest BCUT2D eigenvalue weighted by Gasteiger charge is 2.35. The van der Waals surface area contributed by atoms with Gasteiger partial charge in [-0.15, -0.1) is 11.7 Å². The summed E-state index contributed by atoms with van der Waals surface area (Å²) in [6.07, 6.45) is 26.0. The fourth-order valence-electron chi connectivity index (χ4n) is 7.10. The van der Waals surface area contributed by atoms with Crippen LogP contribution in [-0.2, 0) is 25.6 Å². The topological polar surface area (TPSA) is 198 Å². The van der Waals surface area contributed by atoms with Gasteiger partial charge in [-0.3, -0.25) is 19.2 Å². The number of aryl methyl sites for hydroxylation is 2. The molecule has 70 heavy (non-hydrogen) atoms. The number of para-hydroxylation sites is 1. The van der Waals surface area contributed by atoms with E-state index < -0.39 is 6.17 Å². The monoisotopic (exact) mass is 969 g/mol. The van der Waals surface area contributed by atoms with E-state index in [0.29, 0.717) is 47.5 Å². The maximum atomic E-state index is 11.7. The van der Waals surface area contributed by atoms with E-state index in [1.54, 1.807) is 56.7 Å². The number of anilines is 5. The van der Waals surface area contributed by atoms with Crippen molar-refractivity contribution in [3.05, 3.63) is 102 Å². The largest absolute Gasteiger partial charge is 0.385 e. The summed E-state index contributed by atoms with van der Waals surface area (Å²) in [5, 5.41) is 18.5. The van der Waals surface area contributed by atoms with Gasteiger partial charge in [0.05, 0.1) is 35.0 Å². The summed E-state index contributed by atoms with van der Waals surface area (Å²) in [4.78, 5) is 70.1. The lowest BCUT2D eigenvalue weighted by Gasteiger charge is -2.31. The number of nitrogens with zero attached hydrogens (tertiary/aromatic N) is 7. The lowest BCUT2D eigenvalue weighted by atomic mass is 10.0. The molecule has 1 unspecified atom stereocenters. The van der Waals surface area contributed by atoms with Crippen molar-refractivity contribution in [2.45, 2.75) is 102 Å². The number of hydrogen-bond donors (Lipinski definition) is 5. The van der Waals surface area contributed by atoms with Crippen molar-refractivity contribution < 1.29 is 28.4 Å². The highest BCUT2D eigenvalue weighted by atomic mass is 19.1. The fraction of sp³-hybridized carbons (Fsp3) is 0.462. The minimum absolute atomic E-state index is 0.185. The predicted molar refractivity (Wildman–Crippen MR) is 283 cm³/mol. The second kappa shape index (κ2) is 34.5. The molecule has 1 saturated carbocycles. The number of amides is 2. The SMILES string of the molecule is C=CCCC(C=O)N(C)c1cccc(CCCCCCCCCCNC=O)c1N(C)C=O.CNC.CN[C@@H]1C[C@@H]1F.CNc1cc(N/C(C=O)=C/C=C\N(C)c2cc(C)ccn2)nn2c(C=O)cnc12. The standard InChI is InChI=1S/C26H41N3O3.C20H21N7O2.C4H8FN.C2H7N/c1-4-5-17-24(20-30)29(3)25-18-14-16-23(26(25)28(2)22-32)15-12-10-8-6-7-9-11-13-19-27-21-31;1-14-6-7-22-19(9-14)26(3)8-4-5-15(12-28)24-18-10-17(21-2)20-23-11-16(13-29)27(20)25-18;1-6-4-2-3(4)5;1-3-2/h4,14,16,18,20-22,24H,1,5-13,15,17,19H2,2-3H3,(H,27,31);4-13,21H,1-3H3,(H,24,25);3-4,6H,2H2,1H3;3H,1-2H3/b;8-4-,15-5+;;/t;;3-,4+;/m..0./s1. The molecule has 3 aromatic heterocycles. The van der Waals surface area contributed by atoms with Crippen LogP contribution >= 0.6 is 0 Å². The molecule has 3 atom stereocenters. The first-order valence-corrected chi connectivity index (χ1v) is 23.9. The number of allylic oxidation sites excluding steroid dienone is 4. The summed E-state index contributed by atoms with van der Waals surface area (Å²) >= 11 is 0. The number of benzene rings is 1. The zero-order valence-electron chi connectivity index (χ0n) is 42.5. The molecule has 2 amide bonds. The third kappa shape index (κ3) is 20.8. The first-order valence-electron chi connectivity index (χ1n) is 23.9. The molecule has 1 aliphatic rings. The number of fused-ring (bicyclic) bond motifs is 1. The van der Waals surface area contributed by atoms with Crippen molar-refractivity contribution in [3.63, 3.8) is 0 Å². The molecule has 0 aliphatic heterocycles. The number of carbonyl (C=O) groups excluding carboxylic acids is 5. The summed E-state index contributed by atoms with van der Waals surface area (Å²) in [6, 6.07) is 11.6. The highest BCUT2D eigenvalue weighted by Crippen LogP contribution is 2.34. The quantitative estimate of drug-likeness (QED) is 0.0120. The van der Waals surface area contributed by atoms with Crippen molar-refractivity contribution in [2.75, 3.05) is 81.2 Å². The number of hydrogen-bond acceptors (Lipinski definition) is 14. The summed E-state index contributed by atoms with van der Waals surface area (Å²) in [5.74, 6) is 1.19. The lowest BCUT2D eigenvalue weighted by molar-refractivity contribution is -0.110. The van der Waals surface area contributed by atoms with Gasteiger partial charge in [-0.25, -0.2) is 18.9 Å². The van der Waals surface area contributed by atoms with Crippen molar-refractivity contribution in [1.82, 2.24) is 35.5 Å². The average molecular weight is 969 g/mol. The van der Waals surface area contributed by atoms with E-state index in [4.69, 9.17) is 0 Å². The van der Waals surface area contributed by atoms with Crippen LogP contribution in [0, 0.1) is 6.92 Å². The Morgan fingerprint density at radius 1 is 0.929 bits per heavy atom. The van der Waals surface area contributed by atoms with E-state index in [1.807, 2.05) is 75.3 Å². The van der Waals surface area contributed by atoms with E-state index in [1.165, 1.54) is 36.4 Å². The maximum Gasteiger partial charge on any atom is 0.213 e. The van der Waals surface area contributed by atoms with Gasteiger partial charge in [0.25, 0.3) is 0 Å². The van der Waals surface area contributed by atoms with Gasteiger partial charge in [-0.05, 0) is 108 Å². The van der Waals surface area contributed by atoms with Gasteiger partial charge in [0.2, 0.25) is 12.8 Å². The number of halogens is 1. The van der Waals surface area contributed by atoms with Crippen LogP contribution in [0.2, 0.25) is 0 Å². The normalized spacial score (nSPS) is 14.0. The molecule has 4 aromatic rings. The molecule has 0 spiro atoms. The van der Waals surface area contributed by atoms with Crippen LogP contribution in [-0.4, -0.2) is 125 Å². The Kier molecular flexibility index (Phi) is 29.2. The predicted octanol–water partition coefficient (Wildman–Crippen LogP) is 7.24. The van der Waals surface area contributed by atoms with Crippen LogP contribution < -0.4 is 41.3 Å². The smallest absolute Gasteiger partial charge is 0.213 e. The fourth-order valence-corrected chi connectivity index (χ4v) is 7.10. The molecular weight excluding hydrogens is 892 g/mol. The molecule has 0 bridgehead atoms. The number of likely N-dealkylation sites (N-methyl/N-ethyl adjacent to an activating group) is 1. The molecule has 17 nitrogen and oxygen atoms in total. The van der Waals surface area contributed by atoms with Gasteiger partial charge in [0, 0.05) is 59.2 Å². The third-order valence-electron chi connectivity index (χ3n) is 11.1. The summed E-state index contributed by atoms with van der Waals surface area (Å²) in [7, 11) is 12.8. The number of imidazole rings is 1. The maximum absolute atomic E-state index is 11.7. The van der Waals surface area contributed by atoms with Gasteiger partial charge < -0.3 is 46.1 Å². The summed E-state index contributed by atoms with van der Waals surface area (Å²) < 4.78 is 13.1. The van der Waals surface area contributed by atoms with E-state index in [9.17, 15) is 28.4 Å². The van der Waals surface area contributed by atoms with Crippen molar-refractivity contribution in [1.29, 1.82) is 0 Å². The number of alkyl halides is 1. The number of aromatic nitrogens is 4. The molecule has 5 N–H and O–H groups in total. The van der Waals surface area contributed by atoms with Crippen LogP contribution in [0.15, 0.2) is 85.5 Å². The van der Waals surface area contributed by atoms with E-state index in [2.05, 4.69) is 54.3 Å². The van der Waals surface area contributed by atoms with Crippen LogP contribution in [0.25, 0.3) is 5.65 Å². The molecule has 0 saturated heterocycles. The minimum Gasteiger partial charge on any atom is -0.385 e. The van der Waals surface area contributed by atoms with Crippen molar-refractivity contribution in [2.24, 2.45) is 0 Å². The molecular formula is C52H77FN12O5. The first kappa shape index (κ1) is 59.3. The lowest BCUT2D eigenvalue weighted by Crippen LogP contribution is -2.34. The number of aldehydes is 3. The first-order chi connectivity index (χ1) is 33.9.